The molecule has 1 aliphatic rings. The minimum Gasteiger partial charge on any atom is -0.481 e. The smallest absolute Gasteiger partial charge is 0.308 e. The summed E-state index contributed by atoms with van der Waals surface area (Å²) in [5.74, 6) is -2.80. The zero-order valence-electron chi connectivity index (χ0n) is 14.7. The molecule has 0 bridgehead atoms. The average Bonchev–Trinajstić information content (AvgIpc) is 2.97. The molecule has 1 aromatic heterocycles. The van der Waals surface area contributed by atoms with Crippen molar-refractivity contribution in [1.82, 2.24) is 14.8 Å². The Kier molecular flexibility index (Phi) is 5.36. The van der Waals surface area contributed by atoms with Crippen LogP contribution in [0.1, 0.15) is 23.3 Å². The first-order chi connectivity index (χ1) is 12.8. The van der Waals surface area contributed by atoms with Gasteiger partial charge < -0.3 is 19.9 Å². The molecule has 0 spiro atoms. The summed E-state index contributed by atoms with van der Waals surface area (Å²) in [6.07, 6.45) is 1.15. The fraction of sp³-hybridized carbons (Fsp3) is 0.389. The molecule has 0 saturated carbocycles. The Bertz CT molecular complexity index is 913. The number of carbonyl (C=O) groups excluding carboxylic acids is 2. The van der Waals surface area contributed by atoms with Gasteiger partial charge in [0.05, 0.1) is 17.5 Å². The number of carboxylic acid groups (broad SMARTS) is 1. The summed E-state index contributed by atoms with van der Waals surface area (Å²) in [7, 11) is 1.46. The van der Waals surface area contributed by atoms with Crippen LogP contribution in [0.25, 0.3) is 10.9 Å². The number of rotatable bonds is 4. The van der Waals surface area contributed by atoms with E-state index in [1.807, 2.05) is 0 Å². The van der Waals surface area contributed by atoms with E-state index >= 15 is 0 Å². The lowest BCUT2D eigenvalue weighted by atomic mass is 9.98. The van der Waals surface area contributed by atoms with Crippen molar-refractivity contribution in [3.05, 3.63) is 34.7 Å². The van der Waals surface area contributed by atoms with Crippen LogP contribution in [-0.2, 0) is 9.59 Å². The number of hydrogen-bond acceptors (Lipinski definition) is 3. The summed E-state index contributed by atoms with van der Waals surface area (Å²) in [6.45, 7) is 0.408. The van der Waals surface area contributed by atoms with Crippen molar-refractivity contribution < 1.29 is 23.9 Å². The molecule has 2 heterocycles. The molecule has 7 nitrogen and oxygen atoms in total. The van der Waals surface area contributed by atoms with E-state index in [-0.39, 0.29) is 29.7 Å². The maximum absolute atomic E-state index is 13.4. The topological polar surface area (TPSA) is 93.7 Å². The lowest BCUT2D eigenvalue weighted by Gasteiger charge is -2.32. The summed E-state index contributed by atoms with van der Waals surface area (Å²) in [5, 5.41) is 9.61. The Morgan fingerprint density at radius 1 is 1.41 bits per heavy atom. The first-order valence-corrected chi connectivity index (χ1v) is 8.88. The van der Waals surface area contributed by atoms with Gasteiger partial charge in [0.1, 0.15) is 11.5 Å². The van der Waals surface area contributed by atoms with E-state index in [4.69, 9.17) is 16.7 Å². The number of amides is 2. The second-order valence-corrected chi connectivity index (χ2v) is 7.06. The van der Waals surface area contributed by atoms with E-state index in [0.29, 0.717) is 30.3 Å². The maximum Gasteiger partial charge on any atom is 0.308 e. The molecule has 3 rings (SSSR count). The van der Waals surface area contributed by atoms with E-state index in [9.17, 15) is 18.8 Å². The quantitative estimate of drug-likeness (QED) is 0.831. The Balaban J connectivity index is 1.71. The highest BCUT2D eigenvalue weighted by molar-refractivity contribution is 6.38. The molecule has 144 valence electrons. The number of aromatic amines is 1. The van der Waals surface area contributed by atoms with E-state index in [2.05, 4.69) is 4.98 Å². The Hall–Kier alpha value is -2.61. The van der Waals surface area contributed by atoms with Gasteiger partial charge in [-0.05, 0) is 31.0 Å². The van der Waals surface area contributed by atoms with Gasteiger partial charge in [-0.25, -0.2) is 4.39 Å². The number of hydrogen-bond donors (Lipinski definition) is 2. The predicted molar refractivity (Wildman–Crippen MR) is 97.2 cm³/mol. The van der Waals surface area contributed by atoms with Crippen LogP contribution in [0, 0.1) is 11.7 Å². The van der Waals surface area contributed by atoms with Gasteiger partial charge in [-0.2, -0.15) is 0 Å². The van der Waals surface area contributed by atoms with Gasteiger partial charge in [-0.15, -0.1) is 0 Å². The van der Waals surface area contributed by atoms with Crippen molar-refractivity contribution in [1.29, 1.82) is 0 Å². The van der Waals surface area contributed by atoms with E-state index in [0.717, 1.165) is 0 Å². The van der Waals surface area contributed by atoms with Crippen LogP contribution in [0.5, 0.6) is 0 Å². The van der Waals surface area contributed by atoms with Crippen molar-refractivity contribution in [2.24, 2.45) is 5.92 Å². The molecule has 2 amide bonds. The Morgan fingerprint density at radius 2 is 2.15 bits per heavy atom. The zero-order valence-corrected chi connectivity index (χ0v) is 15.4. The van der Waals surface area contributed by atoms with Crippen molar-refractivity contribution >= 4 is 40.3 Å². The van der Waals surface area contributed by atoms with E-state index < -0.39 is 23.6 Å². The SMILES string of the molecule is CN(CC(=O)N1CCCC(C(=O)O)C1)C(=O)c1[nH]c2ccc(F)cc2c1Cl. The number of nitrogens with one attached hydrogen (secondary N) is 1. The summed E-state index contributed by atoms with van der Waals surface area (Å²) in [4.78, 5) is 41.8. The van der Waals surface area contributed by atoms with Gasteiger partial charge in [-0.1, -0.05) is 11.6 Å². The fourth-order valence-corrected chi connectivity index (χ4v) is 3.53. The molecule has 1 aromatic carbocycles. The fourth-order valence-electron chi connectivity index (χ4n) is 3.25. The zero-order chi connectivity index (χ0) is 19.7. The van der Waals surface area contributed by atoms with Gasteiger partial charge >= 0.3 is 5.97 Å². The number of fused-ring (bicyclic) bond motifs is 1. The first kappa shape index (κ1) is 19.2. The molecule has 1 saturated heterocycles. The second kappa shape index (κ2) is 7.56. The molecule has 1 aliphatic heterocycles. The standard InChI is InChI=1S/C18H19ClFN3O4/c1-22(9-14(24)23-6-2-3-10(8-23)18(26)27)17(25)16-15(19)12-7-11(20)4-5-13(12)21-16/h4-5,7,10,21H,2-3,6,8-9H2,1H3,(H,26,27). The summed E-state index contributed by atoms with van der Waals surface area (Å²) >= 11 is 6.20. The molecule has 1 fully saturated rings. The van der Waals surface area contributed by atoms with Gasteiger partial charge in [0.15, 0.2) is 0 Å². The third kappa shape index (κ3) is 3.90. The highest BCUT2D eigenvalue weighted by Crippen LogP contribution is 2.28. The average molecular weight is 396 g/mol. The predicted octanol–water partition coefficient (Wildman–Crippen LogP) is 2.36. The molecular weight excluding hydrogens is 377 g/mol. The largest absolute Gasteiger partial charge is 0.481 e. The maximum atomic E-state index is 13.4. The van der Waals surface area contributed by atoms with Gasteiger partial charge in [-0.3, -0.25) is 14.4 Å². The number of benzene rings is 1. The second-order valence-electron chi connectivity index (χ2n) is 6.68. The van der Waals surface area contributed by atoms with Crippen LogP contribution in [0.2, 0.25) is 5.02 Å². The minimum absolute atomic E-state index is 0.0784. The number of likely N-dealkylation sites (tertiary alicyclic amines) is 1. The number of aliphatic carboxylic acids is 1. The summed E-state index contributed by atoms with van der Waals surface area (Å²) in [5.41, 5.74) is 0.597. The molecule has 1 unspecified atom stereocenters. The van der Waals surface area contributed by atoms with Crippen LogP contribution in [0.3, 0.4) is 0 Å². The molecule has 27 heavy (non-hydrogen) atoms. The molecule has 2 N–H and O–H groups in total. The van der Waals surface area contributed by atoms with Crippen LogP contribution in [-0.4, -0.2) is 64.4 Å². The molecule has 0 aliphatic carbocycles. The Morgan fingerprint density at radius 3 is 2.85 bits per heavy atom. The lowest BCUT2D eigenvalue weighted by molar-refractivity contribution is -0.145. The molecular formula is C18H19ClFN3O4. The molecule has 0 radical (unpaired) electrons. The van der Waals surface area contributed by atoms with Crippen molar-refractivity contribution in [2.45, 2.75) is 12.8 Å². The Labute approximate surface area is 159 Å². The molecule has 9 heteroatoms. The number of likely N-dealkylation sites (N-methyl/N-ethyl adjacent to an activating group) is 1. The van der Waals surface area contributed by atoms with E-state index in [1.54, 1.807) is 0 Å². The normalized spacial score (nSPS) is 17.1. The van der Waals surface area contributed by atoms with Crippen LogP contribution in [0.4, 0.5) is 4.39 Å². The number of halogens is 2. The highest BCUT2D eigenvalue weighted by atomic mass is 35.5. The summed E-state index contributed by atoms with van der Waals surface area (Å²) < 4.78 is 13.4. The van der Waals surface area contributed by atoms with Crippen LogP contribution in [0.15, 0.2) is 18.2 Å². The minimum atomic E-state index is -0.922. The number of piperidine rings is 1. The number of carbonyl (C=O) groups is 3. The first-order valence-electron chi connectivity index (χ1n) is 8.50. The lowest BCUT2D eigenvalue weighted by Crippen LogP contribution is -2.47. The van der Waals surface area contributed by atoms with Gasteiger partial charge in [0.25, 0.3) is 5.91 Å². The van der Waals surface area contributed by atoms with Crippen molar-refractivity contribution in [2.75, 3.05) is 26.7 Å². The van der Waals surface area contributed by atoms with Crippen LogP contribution < -0.4 is 0 Å². The number of aromatic nitrogens is 1. The van der Waals surface area contributed by atoms with Gasteiger partial charge in [0, 0.05) is 31.0 Å². The monoisotopic (exact) mass is 395 g/mol. The van der Waals surface area contributed by atoms with E-state index in [1.165, 1.54) is 35.0 Å². The number of carboxylic acids is 1. The van der Waals surface area contributed by atoms with Crippen molar-refractivity contribution in [3.63, 3.8) is 0 Å². The number of H-pyrrole nitrogens is 1. The highest BCUT2D eigenvalue weighted by Gasteiger charge is 2.29. The third-order valence-electron chi connectivity index (χ3n) is 4.75. The van der Waals surface area contributed by atoms with Gasteiger partial charge in [0.2, 0.25) is 5.91 Å². The third-order valence-corrected chi connectivity index (χ3v) is 5.15. The van der Waals surface area contributed by atoms with Crippen LogP contribution >= 0.6 is 11.6 Å². The summed E-state index contributed by atoms with van der Waals surface area (Å²) in [6, 6.07) is 3.97. The molecule has 2 aromatic rings. The molecule has 1 atom stereocenters. The number of nitrogens with zero attached hydrogens (tertiary/aromatic N) is 2. The van der Waals surface area contributed by atoms with Crippen molar-refractivity contribution in [3.8, 4) is 0 Å².